The number of ether oxygens (including phenoxy) is 2. The molecular weight excluding hydrogens is 290 g/mol. The van der Waals surface area contributed by atoms with Gasteiger partial charge in [-0.3, -0.25) is 4.79 Å². The Balaban J connectivity index is 1.90. The normalized spacial score (nSPS) is 18.4. The largest absolute Gasteiger partial charge is 0.491 e. The summed E-state index contributed by atoms with van der Waals surface area (Å²) in [5, 5.41) is 0. The zero-order valence-electron chi connectivity index (χ0n) is 13.7. The first kappa shape index (κ1) is 17.1. The Labute approximate surface area is 138 Å². The van der Waals surface area contributed by atoms with Crippen molar-refractivity contribution in [3.63, 3.8) is 0 Å². The molecule has 1 aromatic carbocycles. The SMILES string of the molecule is C#Cc1cccc(OCC2CN(C(=O)C(C)=CCC)CCO2)c1. The summed E-state index contributed by atoms with van der Waals surface area (Å²) in [5.41, 5.74) is 1.57. The molecule has 0 aliphatic carbocycles. The van der Waals surface area contributed by atoms with Crippen LogP contribution in [0.1, 0.15) is 25.8 Å². The van der Waals surface area contributed by atoms with Crippen molar-refractivity contribution >= 4 is 5.91 Å². The van der Waals surface area contributed by atoms with E-state index in [0.717, 1.165) is 23.3 Å². The maximum atomic E-state index is 12.3. The van der Waals surface area contributed by atoms with Crippen LogP contribution in [0.3, 0.4) is 0 Å². The maximum absolute atomic E-state index is 12.3. The molecule has 4 heteroatoms. The molecule has 0 N–H and O–H groups in total. The molecule has 1 aromatic rings. The van der Waals surface area contributed by atoms with Gasteiger partial charge in [-0.25, -0.2) is 0 Å². The van der Waals surface area contributed by atoms with Crippen molar-refractivity contribution in [3.8, 4) is 18.1 Å². The average molecular weight is 313 g/mol. The summed E-state index contributed by atoms with van der Waals surface area (Å²) in [7, 11) is 0. The Morgan fingerprint density at radius 3 is 3.13 bits per heavy atom. The fourth-order valence-electron chi connectivity index (χ4n) is 2.51. The lowest BCUT2D eigenvalue weighted by Gasteiger charge is -2.33. The minimum Gasteiger partial charge on any atom is -0.491 e. The molecule has 1 saturated heterocycles. The summed E-state index contributed by atoms with van der Waals surface area (Å²) in [6.07, 6.45) is 8.07. The highest BCUT2D eigenvalue weighted by atomic mass is 16.5. The van der Waals surface area contributed by atoms with Crippen LogP contribution in [-0.2, 0) is 9.53 Å². The quantitative estimate of drug-likeness (QED) is 0.619. The van der Waals surface area contributed by atoms with Crippen LogP contribution in [-0.4, -0.2) is 43.2 Å². The third kappa shape index (κ3) is 4.87. The van der Waals surface area contributed by atoms with Crippen LogP contribution in [0, 0.1) is 12.3 Å². The van der Waals surface area contributed by atoms with Crippen LogP contribution in [0.5, 0.6) is 5.75 Å². The number of nitrogens with zero attached hydrogens (tertiary/aromatic N) is 1. The fraction of sp³-hybridized carbons (Fsp3) is 0.421. The number of hydrogen-bond acceptors (Lipinski definition) is 3. The molecule has 0 radical (unpaired) electrons. The Hall–Kier alpha value is -2.25. The highest BCUT2D eigenvalue weighted by molar-refractivity contribution is 5.92. The summed E-state index contributed by atoms with van der Waals surface area (Å²) in [5.74, 6) is 3.38. The highest BCUT2D eigenvalue weighted by Crippen LogP contribution is 2.15. The van der Waals surface area contributed by atoms with Gasteiger partial charge in [-0.2, -0.15) is 0 Å². The predicted octanol–water partition coefficient (Wildman–Crippen LogP) is 2.63. The number of carbonyl (C=O) groups is 1. The third-order valence-electron chi connectivity index (χ3n) is 3.71. The van der Waals surface area contributed by atoms with Gasteiger partial charge in [0.15, 0.2) is 0 Å². The number of rotatable bonds is 5. The van der Waals surface area contributed by atoms with Crippen molar-refractivity contribution in [1.82, 2.24) is 4.90 Å². The zero-order chi connectivity index (χ0) is 16.7. The van der Waals surface area contributed by atoms with Gasteiger partial charge >= 0.3 is 0 Å². The number of amides is 1. The maximum Gasteiger partial charge on any atom is 0.249 e. The lowest BCUT2D eigenvalue weighted by molar-refractivity contribution is -0.135. The van der Waals surface area contributed by atoms with Crippen LogP contribution in [0.25, 0.3) is 0 Å². The Kier molecular flexibility index (Phi) is 6.25. The summed E-state index contributed by atoms with van der Waals surface area (Å²) >= 11 is 0. The number of morpholine rings is 1. The molecule has 1 aliphatic rings. The van der Waals surface area contributed by atoms with Crippen LogP contribution in [0.2, 0.25) is 0 Å². The number of hydrogen-bond donors (Lipinski definition) is 0. The summed E-state index contributed by atoms with van der Waals surface area (Å²) in [6, 6.07) is 7.40. The van der Waals surface area contributed by atoms with Gasteiger partial charge in [0.05, 0.1) is 13.2 Å². The Bertz CT molecular complexity index is 615. The predicted molar refractivity (Wildman–Crippen MR) is 90.2 cm³/mol. The molecule has 2 rings (SSSR count). The van der Waals surface area contributed by atoms with E-state index in [1.54, 1.807) is 0 Å². The molecule has 1 atom stereocenters. The molecule has 1 unspecified atom stereocenters. The minimum absolute atomic E-state index is 0.0782. The van der Waals surface area contributed by atoms with Gasteiger partial charge in [0.2, 0.25) is 5.91 Å². The van der Waals surface area contributed by atoms with Crippen LogP contribution in [0.15, 0.2) is 35.9 Å². The summed E-state index contributed by atoms with van der Waals surface area (Å²) < 4.78 is 11.4. The van der Waals surface area contributed by atoms with Gasteiger partial charge in [0.1, 0.15) is 18.5 Å². The molecule has 23 heavy (non-hydrogen) atoms. The second-order valence-electron chi connectivity index (χ2n) is 5.52. The first-order valence-corrected chi connectivity index (χ1v) is 7.91. The molecule has 1 heterocycles. The monoisotopic (exact) mass is 313 g/mol. The zero-order valence-corrected chi connectivity index (χ0v) is 13.7. The average Bonchev–Trinajstić information content (AvgIpc) is 2.60. The van der Waals surface area contributed by atoms with Crippen molar-refractivity contribution < 1.29 is 14.3 Å². The smallest absolute Gasteiger partial charge is 0.249 e. The first-order chi connectivity index (χ1) is 11.1. The van der Waals surface area contributed by atoms with E-state index in [-0.39, 0.29) is 12.0 Å². The second-order valence-corrected chi connectivity index (χ2v) is 5.52. The molecule has 122 valence electrons. The van der Waals surface area contributed by atoms with E-state index < -0.39 is 0 Å². The molecule has 1 amide bonds. The van der Waals surface area contributed by atoms with E-state index in [4.69, 9.17) is 15.9 Å². The van der Waals surface area contributed by atoms with Crippen molar-refractivity contribution in [2.75, 3.05) is 26.3 Å². The lowest BCUT2D eigenvalue weighted by Crippen LogP contribution is -2.47. The van der Waals surface area contributed by atoms with Crippen molar-refractivity contribution in [3.05, 3.63) is 41.5 Å². The minimum atomic E-state index is -0.128. The van der Waals surface area contributed by atoms with Crippen LogP contribution in [0.4, 0.5) is 0 Å². The Morgan fingerprint density at radius 2 is 2.39 bits per heavy atom. The van der Waals surface area contributed by atoms with E-state index in [9.17, 15) is 4.79 Å². The van der Waals surface area contributed by atoms with Crippen molar-refractivity contribution in [2.24, 2.45) is 0 Å². The molecule has 4 nitrogen and oxygen atoms in total. The number of benzene rings is 1. The molecular formula is C19H23NO3. The molecule has 1 aliphatic heterocycles. The molecule has 1 fully saturated rings. The van der Waals surface area contributed by atoms with Crippen LogP contribution >= 0.6 is 0 Å². The number of allylic oxidation sites excluding steroid dienone is 1. The van der Waals surface area contributed by atoms with Gasteiger partial charge in [-0.05, 0) is 31.5 Å². The molecule has 0 bridgehead atoms. The van der Waals surface area contributed by atoms with E-state index in [0.29, 0.717) is 26.3 Å². The van der Waals surface area contributed by atoms with Crippen molar-refractivity contribution in [2.45, 2.75) is 26.4 Å². The van der Waals surface area contributed by atoms with E-state index in [1.807, 2.05) is 49.1 Å². The second kappa shape index (κ2) is 8.40. The van der Waals surface area contributed by atoms with Crippen LogP contribution < -0.4 is 4.74 Å². The van der Waals surface area contributed by atoms with Gasteiger partial charge in [-0.15, -0.1) is 6.42 Å². The standard InChI is InChI=1S/C19H23NO3/c1-4-7-15(3)19(21)20-10-11-22-18(13-20)14-23-17-9-6-8-16(5-2)12-17/h2,6-9,12,18H,4,10-11,13-14H2,1,3H3. The molecule has 0 spiro atoms. The molecule has 0 aromatic heterocycles. The van der Waals surface area contributed by atoms with Gasteiger partial charge in [0, 0.05) is 17.7 Å². The Morgan fingerprint density at radius 1 is 1.57 bits per heavy atom. The number of carbonyl (C=O) groups excluding carboxylic acids is 1. The first-order valence-electron chi connectivity index (χ1n) is 7.91. The van der Waals surface area contributed by atoms with Gasteiger partial charge in [-0.1, -0.05) is 25.0 Å². The number of terminal acetylenes is 1. The fourth-order valence-corrected chi connectivity index (χ4v) is 2.51. The van der Waals surface area contributed by atoms with E-state index >= 15 is 0 Å². The highest BCUT2D eigenvalue weighted by Gasteiger charge is 2.25. The summed E-state index contributed by atoms with van der Waals surface area (Å²) in [4.78, 5) is 14.2. The summed E-state index contributed by atoms with van der Waals surface area (Å²) in [6.45, 7) is 5.98. The third-order valence-corrected chi connectivity index (χ3v) is 3.71. The molecule has 0 saturated carbocycles. The van der Waals surface area contributed by atoms with E-state index in [2.05, 4.69) is 5.92 Å². The van der Waals surface area contributed by atoms with Crippen molar-refractivity contribution in [1.29, 1.82) is 0 Å². The van der Waals surface area contributed by atoms with Gasteiger partial charge in [0.25, 0.3) is 0 Å². The lowest BCUT2D eigenvalue weighted by atomic mass is 10.2. The van der Waals surface area contributed by atoms with Gasteiger partial charge < -0.3 is 14.4 Å². The van der Waals surface area contributed by atoms with E-state index in [1.165, 1.54) is 0 Å². The topological polar surface area (TPSA) is 38.8 Å².